The van der Waals surface area contributed by atoms with Gasteiger partial charge in [0.2, 0.25) is 0 Å². The summed E-state index contributed by atoms with van der Waals surface area (Å²) in [5.74, 6) is 0.582. The summed E-state index contributed by atoms with van der Waals surface area (Å²) in [5.41, 5.74) is -0.667. The topological polar surface area (TPSA) is 98.1 Å². The highest BCUT2D eigenvalue weighted by molar-refractivity contribution is 7.99. The molecule has 8 heteroatoms. The maximum atomic E-state index is 13.4. The van der Waals surface area contributed by atoms with Crippen LogP contribution in [0.25, 0.3) is 0 Å². The Morgan fingerprint density at radius 3 is 2.77 bits per heavy atom. The van der Waals surface area contributed by atoms with Crippen LogP contribution in [0.3, 0.4) is 0 Å². The minimum absolute atomic E-state index is 0.138. The van der Waals surface area contributed by atoms with Gasteiger partial charge in [-0.15, -0.1) is 0 Å². The van der Waals surface area contributed by atoms with Gasteiger partial charge in [-0.25, -0.2) is 4.39 Å². The van der Waals surface area contributed by atoms with Gasteiger partial charge in [-0.05, 0) is 36.3 Å². The Labute approximate surface area is 157 Å². The normalized spacial score (nSPS) is 23.0. The lowest BCUT2D eigenvalue weighted by Crippen LogP contribution is -2.57. The molecule has 0 spiro atoms. The van der Waals surface area contributed by atoms with Crippen LogP contribution in [0.2, 0.25) is 0 Å². The SMILES string of the molecule is CCSCCN1CC[C@H](O)[C@](Cc2cccc(F)c2)(C(=O)O)C1.O=CO. The number of benzene rings is 1. The van der Waals surface area contributed by atoms with Crippen molar-refractivity contribution in [2.24, 2.45) is 5.41 Å². The zero-order valence-electron chi connectivity index (χ0n) is 14.8. The average Bonchev–Trinajstić information content (AvgIpc) is 2.58. The molecule has 1 saturated heterocycles. The molecule has 1 fully saturated rings. The fourth-order valence-electron chi connectivity index (χ4n) is 3.16. The van der Waals surface area contributed by atoms with Gasteiger partial charge in [0.05, 0.1) is 6.10 Å². The van der Waals surface area contributed by atoms with Gasteiger partial charge in [0.1, 0.15) is 11.2 Å². The van der Waals surface area contributed by atoms with E-state index in [4.69, 9.17) is 9.90 Å². The molecular formula is C18H26FNO5S. The van der Waals surface area contributed by atoms with E-state index in [1.807, 2.05) is 11.8 Å². The van der Waals surface area contributed by atoms with E-state index in [9.17, 15) is 19.4 Å². The lowest BCUT2D eigenvalue weighted by atomic mass is 9.73. The Morgan fingerprint density at radius 2 is 2.19 bits per heavy atom. The number of aliphatic hydroxyl groups is 1. The van der Waals surface area contributed by atoms with E-state index in [1.54, 1.807) is 12.1 Å². The number of carboxylic acids is 1. The van der Waals surface area contributed by atoms with E-state index >= 15 is 0 Å². The first-order valence-electron chi connectivity index (χ1n) is 8.43. The summed E-state index contributed by atoms with van der Waals surface area (Å²) in [5, 5.41) is 27.1. The van der Waals surface area contributed by atoms with Crippen molar-refractivity contribution >= 4 is 24.2 Å². The van der Waals surface area contributed by atoms with Crippen molar-refractivity contribution in [2.75, 3.05) is 31.1 Å². The number of hydrogen-bond acceptors (Lipinski definition) is 5. The van der Waals surface area contributed by atoms with Crippen LogP contribution in [0, 0.1) is 11.2 Å². The number of rotatable bonds is 7. The molecule has 2 rings (SSSR count). The van der Waals surface area contributed by atoms with Crippen LogP contribution in [0.5, 0.6) is 0 Å². The third kappa shape index (κ3) is 6.26. The third-order valence-corrected chi connectivity index (χ3v) is 5.33. The quantitative estimate of drug-likeness (QED) is 0.486. The van der Waals surface area contributed by atoms with Crippen LogP contribution >= 0.6 is 11.8 Å². The van der Waals surface area contributed by atoms with Crippen LogP contribution in [0.15, 0.2) is 24.3 Å². The molecule has 3 N–H and O–H groups in total. The summed E-state index contributed by atoms with van der Waals surface area (Å²) in [4.78, 5) is 22.4. The molecule has 1 aromatic rings. The van der Waals surface area contributed by atoms with Crippen LogP contribution in [-0.2, 0) is 16.0 Å². The standard InChI is InChI=1S/C17H24FNO3S.CH2O2/c1-2-23-9-8-19-7-6-15(20)17(12-19,16(21)22)11-13-4-3-5-14(18)10-13;2-1-3/h3-5,10,15,20H,2,6-9,11-12H2,1H3,(H,21,22);1H,(H,2,3)/t15-,17+;/m0./s1. The molecule has 0 radical (unpaired) electrons. The molecule has 146 valence electrons. The number of thioether (sulfide) groups is 1. The van der Waals surface area contributed by atoms with Crippen molar-refractivity contribution in [1.29, 1.82) is 0 Å². The monoisotopic (exact) mass is 387 g/mol. The number of halogens is 1. The number of carboxylic acid groups (broad SMARTS) is 2. The molecule has 0 saturated carbocycles. The highest BCUT2D eigenvalue weighted by Crippen LogP contribution is 2.35. The first-order chi connectivity index (χ1) is 12.4. The van der Waals surface area contributed by atoms with E-state index in [-0.39, 0.29) is 18.7 Å². The molecule has 0 aromatic heterocycles. The van der Waals surface area contributed by atoms with Crippen LogP contribution in [-0.4, -0.2) is 69.9 Å². The molecule has 0 unspecified atom stereocenters. The van der Waals surface area contributed by atoms with Gasteiger partial charge in [-0.2, -0.15) is 11.8 Å². The number of carbonyl (C=O) groups is 2. The summed E-state index contributed by atoms with van der Waals surface area (Å²) in [7, 11) is 0. The maximum Gasteiger partial charge on any atom is 0.313 e. The lowest BCUT2D eigenvalue weighted by Gasteiger charge is -2.43. The number of nitrogens with zero attached hydrogens (tertiary/aromatic N) is 1. The van der Waals surface area contributed by atoms with Gasteiger partial charge in [0, 0.05) is 25.4 Å². The zero-order chi connectivity index (χ0) is 19.6. The second kappa shape index (κ2) is 11.2. The van der Waals surface area contributed by atoms with Crippen molar-refractivity contribution in [3.05, 3.63) is 35.6 Å². The Morgan fingerprint density at radius 1 is 1.50 bits per heavy atom. The van der Waals surface area contributed by atoms with Gasteiger partial charge in [0.25, 0.3) is 6.47 Å². The Kier molecular flexibility index (Phi) is 9.61. The van der Waals surface area contributed by atoms with Crippen LogP contribution in [0.4, 0.5) is 4.39 Å². The van der Waals surface area contributed by atoms with Gasteiger partial charge >= 0.3 is 5.97 Å². The van der Waals surface area contributed by atoms with Crippen molar-refractivity contribution in [3.8, 4) is 0 Å². The zero-order valence-corrected chi connectivity index (χ0v) is 15.6. The molecule has 2 atom stereocenters. The molecule has 1 aliphatic rings. The molecule has 0 aliphatic carbocycles. The number of likely N-dealkylation sites (tertiary alicyclic amines) is 1. The Balaban J connectivity index is 0.00000105. The molecule has 26 heavy (non-hydrogen) atoms. The molecular weight excluding hydrogens is 361 g/mol. The summed E-state index contributed by atoms with van der Waals surface area (Å²) < 4.78 is 13.4. The molecule has 1 aliphatic heterocycles. The predicted octanol–water partition coefficient (Wildman–Crippen LogP) is 1.96. The van der Waals surface area contributed by atoms with Gasteiger partial charge in [-0.1, -0.05) is 19.1 Å². The number of aliphatic hydroxyl groups excluding tert-OH is 1. The van der Waals surface area contributed by atoms with Crippen molar-refractivity contribution in [3.63, 3.8) is 0 Å². The first kappa shape index (κ1) is 22.4. The maximum absolute atomic E-state index is 13.4. The van der Waals surface area contributed by atoms with E-state index in [0.29, 0.717) is 25.1 Å². The second-order valence-electron chi connectivity index (χ2n) is 6.15. The predicted molar refractivity (Wildman–Crippen MR) is 98.9 cm³/mol. The van der Waals surface area contributed by atoms with E-state index in [2.05, 4.69) is 11.8 Å². The Bertz CT molecular complexity index is 588. The van der Waals surface area contributed by atoms with E-state index in [1.165, 1.54) is 12.1 Å². The first-order valence-corrected chi connectivity index (χ1v) is 9.59. The number of piperidine rings is 1. The summed E-state index contributed by atoms with van der Waals surface area (Å²) >= 11 is 1.82. The third-order valence-electron chi connectivity index (χ3n) is 4.45. The minimum Gasteiger partial charge on any atom is -0.483 e. The fraction of sp³-hybridized carbons (Fsp3) is 0.556. The highest BCUT2D eigenvalue weighted by Gasteiger charge is 2.49. The van der Waals surface area contributed by atoms with E-state index in [0.717, 1.165) is 18.1 Å². The van der Waals surface area contributed by atoms with Crippen molar-refractivity contribution in [1.82, 2.24) is 4.90 Å². The molecule has 1 aromatic carbocycles. The van der Waals surface area contributed by atoms with Gasteiger partial charge in [-0.3, -0.25) is 9.59 Å². The average molecular weight is 387 g/mol. The number of aliphatic carboxylic acids is 1. The van der Waals surface area contributed by atoms with Crippen molar-refractivity contribution in [2.45, 2.75) is 25.9 Å². The fourth-order valence-corrected chi connectivity index (χ4v) is 3.84. The lowest BCUT2D eigenvalue weighted by molar-refractivity contribution is -0.163. The Hall–Kier alpha value is -1.64. The van der Waals surface area contributed by atoms with Gasteiger partial charge in [0.15, 0.2) is 0 Å². The van der Waals surface area contributed by atoms with Crippen molar-refractivity contribution < 1.29 is 29.3 Å². The summed E-state index contributed by atoms with van der Waals surface area (Å²) in [6.07, 6.45) is -0.352. The summed E-state index contributed by atoms with van der Waals surface area (Å²) in [6.45, 7) is 3.65. The molecule has 0 amide bonds. The smallest absolute Gasteiger partial charge is 0.313 e. The number of hydrogen-bond donors (Lipinski definition) is 3. The van der Waals surface area contributed by atoms with Crippen LogP contribution < -0.4 is 0 Å². The highest BCUT2D eigenvalue weighted by atomic mass is 32.2. The van der Waals surface area contributed by atoms with E-state index < -0.39 is 17.5 Å². The molecule has 1 heterocycles. The molecule has 0 bridgehead atoms. The van der Waals surface area contributed by atoms with Crippen LogP contribution in [0.1, 0.15) is 18.9 Å². The second-order valence-corrected chi connectivity index (χ2v) is 7.54. The van der Waals surface area contributed by atoms with Gasteiger partial charge < -0.3 is 20.2 Å². The molecule has 6 nitrogen and oxygen atoms in total. The summed E-state index contributed by atoms with van der Waals surface area (Å²) in [6, 6.07) is 5.98. The largest absolute Gasteiger partial charge is 0.483 e. The minimum atomic E-state index is -1.27.